The van der Waals surface area contributed by atoms with Gasteiger partial charge in [-0.2, -0.15) is 0 Å². The third-order valence-electron chi connectivity index (χ3n) is 4.40. The number of rotatable bonds is 6. The molecular formula is C22H15ClN2O6S. The van der Waals surface area contributed by atoms with Crippen LogP contribution in [0.3, 0.4) is 0 Å². The normalized spacial score (nSPS) is 10.7. The largest absolute Gasteiger partial charge is 0.493 e. The second-order valence-corrected chi connectivity index (χ2v) is 7.73. The molecule has 0 aliphatic rings. The number of hydrogen-bond donors (Lipinski definition) is 1. The van der Waals surface area contributed by atoms with E-state index in [1.54, 1.807) is 29.6 Å². The first kappa shape index (κ1) is 21.5. The smallest absolute Gasteiger partial charge is 0.351 e. The predicted octanol–water partition coefficient (Wildman–Crippen LogP) is 4.37. The van der Waals surface area contributed by atoms with Gasteiger partial charge in [0.25, 0.3) is 5.91 Å². The lowest BCUT2D eigenvalue weighted by Crippen LogP contribution is -2.23. The Bertz CT molecular complexity index is 1380. The van der Waals surface area contributed by atoms with Gasteiger partial charge < -0.3 is 13.9 Å². The fraction of sp³-hybridized carbons (Fsp3) is 0.0909. The average Bonchev–Trinajstić information content (AvgIpc) is 3.25. The van der Waals surface area contributed by atoms with Gasteiger partial charge in [-0.25, -0.2) is 14.6 Å². The number of para-hydroxylation sites is 1. The van der Waals surface area contributed by atoms with Crippen LogP contribution in [0.4, 0.5) is 5.13 Å². The summed E-state index contributed by atoms with van der Waals surface area (Å²) < 4.78 is 15.3. The Labute approximate surface area is 190 Å². The molecule has 0 radical (unpaired) electrons. The van der Waals surface area contributed by atoms with Crippen molar-refractivity contribution in [3.8, 4) is 17.0 Å². The third kappa shape index (κ3) is 4.48. The van der Waals surface area contributed by atoms with Gasteiger partial charge in [0.15, 0.2) is 23.1 Å². The van der Waals surface area contributed by atoms with Crippen LogP contribution in [-0.4, -0.2) is 30.6 Å². The van der Waals surface area contributed by atoms with E-state index < -0.39 is 24.1 Å². The minimum Gasteiger partial charge on any atom is -0.493 e. The lowest BCUT2D eigenvalue weighted by atomic mass is 10.2. The van der Waals surface area contributed by atoms with E-state index in [1.165, 1.54) is 24.5 Å². The Morgan fingerprint density at radius 2 is 2.00 bits per heavy atom. The van der Waals surface area contributed by atoms with E-state index in [4.69, 9.17) is 25.5 Å². The number of nitrogens with zero attached hydrogens (tertiary/aromatic N) is 1. The van der Waals surface area contributed by atoms with Gasteiger partial charge in [-0.1, -0.05) is 41.9 Å². The maximum absolute atomic E-state index is 12.3. The summed E-state index contributed by atoms with van der Waals surface area (Å²) in [5, 5.41) is 5.63. The summed E-state index contributed by atoms with van der Waals surface area (Å²) in [5.74, 6) is -1.22. The molecule has 0 unspecified atom stereocenters. The molecule has 2 aromatic carbocycles. The number of nitrogens with one attached hydrogen (secondary N) is 1. The Kier molecular flexibility index (Phi) is 6.20. The SMILES string of the molecule is COc1cccc2cc(C(=O)OCC(=O)Nc3nc(-c4ccccc4Cl)cs3)c(=O)oc12. The summed E-state index contributed by atoms with van der Waals surface area (Å²) in [6, 6.07) is 13.5. The van der Waals surface area contributed by atoms with E-state index in [9.17, 15) is 14.4 Å². The Morgan fingerprint density at radius 3 is 2.78 bits per heavy atom. The molecule has 2 aromatic heterocycles. The number of carbonyl (C=O) groups excluding carboxylic acids is 2. The van der Waals surface area contributed by atoms with E-state index >= 15 is 0 Å². The number of ether oxygens (including phenoxy) is 2. The van der Waals surface area contributed by atoms with E-state index in [-0.39, 0.29) is 11.1 Å². The minimum atomic E-state index is -0.977. The van der Waals surface area contributed by atoms with Crippen molar-refractivity contribution in [2.75, 3.05) is 19.0 Å². The number of thiazole rings is 1. The molecule has 2 heterocycles. The molecule has 0 bridgehead atoms. The van der Waals surface area contributed by atoms with Crippen molar-refractivity contribution in [3.05, 3.63) is 74.9 Å². The van der Waals surface area contributed by atoms with Gasteiger partial charge in [0.05, 0.1) is 12.8 Å². The van der Waals surface area contributed by atoms with Gasteiger partial charge >= 0.3 is 11.6 Å². The molecule has 10 heteroatoms. The molecule has 4 aromatic rings. The average molecular weight is 471 g/mol. The zero-order chi connectivity index (χ0) is 22.7. The highest BCUT2D eigenvalue weighted by molar-refractivity contribution is 7.14. The van der Waals surface area contributed by atoms with E-state index in [1.807, 2.05) is 18.2 Å². The van der Waals surface area contributed by atoms with Crippen molar-refractivity contribution < 1.29 is 23.5 Å². The van der Waals surface area contributed by atoms with Crippen LogP contribution in [0.15, 0.2) is 63.1 Å². The third-order valence-corrected chi connectivity index (χ3v) is 5.49. The van der Waals surface area contributed by atoms with Crippen LogP contribution in [0.5, 0.6) is 5.75 Å². The molecule has 32 heavy (non-hydrogen) atoms. The second-order valence-electron chi connectivity index (χ2n) is 6.47. The van der Waals surface area contributed by atoms with Crippen molar-refractivity contribution >= 4 is 50.9 Å². The maximum atomic E-state index is 12.3. The maximum Gasteiger partial charge on any atom is 0.351 e. The summed E-state index contributed by atoms with van der Waals surface area (Å²) in [7, 11) is 1.44. The molecule has 1 amide bonds. The van der Waals surface area contributed by atoms with Gasteiger partial charge in [0.1, 0.15) is 5.56 Å². The number of carbonyl (C=O) groups is 2. The highest BCUT2D eigenvalue weighted by Gasteiger charge is 2.18. The van der Waals surface area contributed by atoms with Crippen molar-refractivity contribution in [2.45, 2.75) is 0 Å². The molecule has 0 saturated heterocycles. The number of anilines is 1. The summed E-state index contributed by atoms with van der Waals surface area (Å²) in [4.78, 5) is 41.0. The van der Waals surface area contributed by atoms with Crippen LogP contribution in [0.25, 0.3) is 22.2 Å². The minimum absolute atomic E-state index is 0.215. The van der Waals surface area contributed by atoms with Crippen LogP contribution in [0.2, 0.25) is 5.02 Å². The van der Waals surface area contributed by atoms with Crippen molar-refractivity contribution in [2.24, 2.45) is 0 Å². The number of halogens is 1. The van der Waals surface area contributed by atoms with Crippen LogP contribution < -0.4 is 15.7 Å². The summed E-state index contributed by atoms with van der Waals surface area (Å²) in [6.07, 6.45) is 0. The Morgan fingerprint density at radius 1 is 1.19 bits per heavy atom. The molecular weight excluding hydrogens is 456 g/mol. The summed E-state index contributed by atoms with van der Waals surface area (Å²) >= 11 is 7.36. The molecule has 0 atom stereocenters. The monoisotopic (exact) mass is 470 g/mol. The van der Waals surface area contributed by atoms with Crippen LogP contribution in [0.1, 0.15) is 10.4 Å². The number of methoxy groups -OCH3 is 1. The number of esters is 1. The Balaban J connectivity index is 1.41. The molecule has 4 rings (SSSR count). The molecule has 0 spiro atoms. The molecule has 0 fully saturated rings. The molecule has 162 valence electrons. The quantitative estimate of drug-likeness (QED) is 0.329. The Hall–Kier alpha value is -3.69. The van der Waals surface area contributed by atoms with Crippen LogP contribution in [0, 0.1) is 0 Å². The van der Waals surface area contributed by atoms with Crippen molar-refractivity contribution in [3.63, 3.8) is 0 Å². The highest BCUT2D eigenvalue weighted by Crippen LogP contribution is 2.30. The number of amides is 1. The molecule has 0 aliphatic heterocycles. The summed E-state index contributed by atoms with van der Waals surface area (Å²) in [6.45, 7) is -0.602. The zero-order valence-electron chi connectivity index (χ0n) is 16.6. The number of fused-ring (bicyclic) bond motifs is 1. The number of aromatic nitrogens is 1. The topological polar surface area (TPSA) is 108 Å². The molecule has 0 aliphatic carbocycles. The van der Waals surface area contributed by atoms with E-state index in [0.29, 0.717) is 27.0 Å². The van der Waals surface area contributed by atoms with Gasteiger partial charge in [-0.3, -0.25) is 10.1 Å². The van der Waals surface area contributed by atoms with Crippen LogP contribution in [-0.2, 0) is 9.53 Å². The summed E-state index contributed by atoms with van der Waals surface area (Å²) in [5.41, 5.74) is 0.340. The lowest BCUT2D eigenvalue weighted by molar-refractivity contribution is -0.119. The first-order valence-electron chi connectivity index (χ1n) is 9.24. The number of hydrogen-bond acceptors (Lipinski definition) is 8. The first-order valence-corrected chi connectivity index (χ1v) is 10.5. The molecule has 8 nitrogen and oxygen atoms in total. The van der Waals surface area contributed by atoms with Crippen molar-refractivity contribution in [1.29, 1.82) is 0 Å². The molecule has 0 saturated carbocycles. The van der Waals surface area contributed by atoms with Crippen LogP contribution >= 0.6 is 22.9 Å². The van der Waals surface area contributed by atoms with Gasteiger partial charge in [-0.15, -0.1) is 11.3 Å². The fourth-order valence-corrected chi connectivity index (χ4v) is 3.87. The van der Waals surface area contributed by atoms with E-state index in [0.717, 1.165) is 5.56 Å². The second kappa shape index (κ2) is 9.21. The van der Waals surface area contributed by atoms with E-state index in [2.05, 4.69) is 10.3 Å². The standard InChI is InChI=1S/C22H15ClN2O6S/c1-29-17-8-4-5-12-9-14(21(28)31-19(12)17)20(27)30-10-18(26)25-22-24-16(11-32-22)13-6-2-3-7-15(13)23/h2-9,11H,10H2,1H3,(H,24,25,26). The zero-order valence-corrected chi connectivity index (χ0v) is 18.2. The van der Waals surface area contributed by atoms with Crippen molar-refractivity contribution in [1.82, 2.24) is 4.98 Å². The van der Waals surface area contributed by atoms with Gasteiger partial charge in [0, 0.05) is 21.4 Å². The highest BCUT2D eigenvalue weighted by atomic mass is 35.5. The first-order chi connectivity index (χ1) is 15.5. The predicted molar refractivity (Wildman–Crippen MR) is 121 cm³/mol. The number of benzene rings is 2. The fourth-order valence-electron chi connectivity index (χ4n) is 2.91. The van der Waals surface area contributed by atoms with Gasteiger partial charge in [0.2, 0.25) is 0 Å². The molecule has 1 N–H and O–H groups in total. The lowest BCUT2D eigenvalue weighted by Gasteiger charge is -2.06. The van der Waals surface area contributed by atoms with Gasteiger partial charge in [-0.05, 0) is 18.2 Å².